The quantitative estimate of drug-likeness (QED) is 0.776. The van der Waals surface area contributed by atoms with Gasteiger partial charge in [0, 0.05) is 18.4 Å². The summed E-state index contributed by atoms with van der Waals surface area (Å²) in [6, 6.07) is 10.3. The molecule has 21 heavy (non-hydrogen) atoms. The Morgan fingerprint density at radius 2 is 2.10 bits per heavy atom. The largest absolute Gasteiger partial charge is 0.396 e. The van der Waals surface area contributed by atoms with Crippen LogP contribution in [0.4, 0.5) is 0 Å². The zero-order chi connectivity index (χ0) is 15.1. The Bertz CT molecular complexity index is 439. The lowest BCUT2D eigenvalue weighted by Crippen LogP contribution is -2.51. The van der Waals surface area contributed by atoms with Gasteiger partial charge in [-0.3, -0.25) is 4.79 Å². The first-order valence-corrected chi connectivity index (χ1v) is 9.04. The molecule has 1 fully saturated rings. The second kappa shape index (κ2) is 7.85. The number of aliphatic hydroxyl groups excluding tert-OH is 1. The minimum Gasteiger partial charge on any atom is -0.396 e. The maximum atomic E-state index is 12.7. The normalized spacial score (nSPS) is 17.8. The van der Waals surface area contributed by atoms with Gasteiger partial charge in [0.05, 0.1) is 5.41 Å². The summed E-state index contributed by atoms with van der Waals surface area (Å²) in [6.45, 7) is 0.122. The fourth-order valence-corrected chi connectivity index (χ4v) is 3.62. The molecule has 1 aromatic carbocycles. The average Bonchev–Trinajstić information content (AvgIpc) is 2.44. The van der Waals surface area contributed by atoms with E-state index in [0.717, 1.165) is 31.4 Å². The first-order chi connectivity index (χ1) is 10.2. The summed E-state index contributed by atoms with van der Waals surface area (Å²) in [6.07, 6.45) is 6.56. The van der Waals surface area contributed by atoms with Crippen molar-refractivity contribution in [2.24, 2.45) is 5.41 Å². The molecule has 0 spiro atoms. The van der Waals surface area contributed by atoms with E-state index in [2.05, 4.69) is 17.4 Å². The van der Waals surface area contributed by atoms with Crippen LogP contribution >= 0.6 is 11.8 Å². The van der Waals surface area contributed by atoms with Gasteiger partial charge in [-0.25, -0.2) is 0 Å². The monoisotopic (exact) mass is 307 g/mol. The molecule has 1 saturated carbocycles. The maximum absolute atomic E-state index is 12.7. The van der Waals surface area contributed by atoms with Gasteiger partial charge in [-0.1, -0.05) is 36.8 Å². The highest BCUT2D eigenvalue weighted by molar-refractivity contribution is 7.98. The van der Waals surface area contributed by atoms with Crippen molar-refractivity contribution in [2.75, 3.05) is 18.6 Å². The van der Waals surface area contributed by atoms with Crippen LogP contribution in [0, 0.1) is 5.41 Å². The SMILES string of the molecule is CSCC(CCO)NC(=O)C1(Cc2ccccc2)CCC1. The van der Waals surface area contributed by atoms with Gasteiger partial charge in [0.1, 0.15) is 0 Å². The van der Waals surface area contributed by atoms with E-state index in [0.29, 0.717) is 6.42 Å². The Morgan fingerprint density at radius 3 is 2.62 bits per heavy atom. The van der Waals surface area contributed by atoms with Crippen molar-refractivity contribution in [1.82, 2.24) is 5.32 Å². The topological polar surface area (TPSA) is 49.3 Å². The van der Waals surface area contributed by atoms with Crippen LogP contribution in [-0.4, -0.2) is 35.7 Å². The highest BCUT2D eigenvalue weighted by Gasteiger charge is 2.44. The lowest BCUT2D eigenvalue weighted by atomic mass is 9.64. The number of thioether (sulfide) groups is 1. The number of rotatable bonds is 8. The van der Waals surface area contributed by atoms with Gasteiger partial charge < -0.3 is 10.4 Å². The van der Waals surface area contributed by atoms with E-state index in [9.17, 15) is 4.79 Å². The summed E-state index contributed by atoms with van der Waals surface area (Å²) in [7, 11) is 0. The number of benzene rings is 1. The smallest absolute Gasteiger partial charge is 0.226 e. The minimum absolute atomic E-state index is 0.0748. The Labute approximate surface area is 131 Å². The molecule has 0 heterocycles. The van der Waals surface area contributed by atoms with Crippen LogP contribution in [0.1, 0.15) is 31.2 Å². The number of hydrogen-bond donors (Lipinski definition) is 2. The predicted molar refractivity (Wildman–Crippen MR) is 88.4 cm³/mol. The lowest BCUT2D eigenvalue weighted by Gasteiger charge is -2.41. The number of nitrogens with one attached hydrogen (secondary N) is 1. The van der Waals surface area contributed by atoms with Crippen molar-refractivity contribution in [1.29, 1.82) is 0 Å². The molecule has 1 aliphatic carbocycles. The average molecular weight is 307 g/mol. The molecule has 2 N–H and O–H groups in total. The first-order valence-electron chi connectivity index (χ1n) is 7.65. The van der Waals surface area contributed by atoms with Gasteiger partial charge >= 0.3 is 0 Å². The molecule has 1 aliphatic rings. The van der Waals surface area contributed by atoms with Crippen LogP contribution in [0.5, 0.6) is 0 Å². The summed E-state index contributed by atoms with van der Waals surface area (Å²) in [5.41, 5.74) is 1.00. The maximum Gasteiger partial charge on any atom is 0.226 e. The molecule has 0 aromatic heterocycles. The summed E-state index contributed by atoms with van der Waals surface area (Å²) in [4.78, 5) is 12.7. The zero-order valence-electron chi connectivity index (χ0n) is 12.7. The van der Waals surface area contributed by atoms with Crippen LogP contribution < -0.4 is 5.32 Å². The Morgan fingerprint density at radius 1 is 1.38 bits per heavy atom. The Kier molecular flexibility index (Phi) is 6.12. The number of hydrogen-bond acceptors (Lipinski definition) is 3. The van der Waals surface area contributed by atoms with Gasteiger partial charge in [0.2, 0.25) is 5.91 Å². The van der Waals surface area contributed by atoms with Crippen LogP contribution in [0.25, 0.3) is 0 Å². The van der Waals surface area contributed by atoms with Gasteiger partial charge in [0.15, 0.2) is 0 Å². The Balaban J connectivity index is 2.00. The van der Waals surface area contributed by atoms with E-state index in [1.165, 1.54) is 5.56 Å². The standard InChI is InChI=1S/C17H25NO2S/c1-21-13-15(8-11-19)18-16(20)17(9-5-10-17)12-14-6-3-2-4-7-14/h2-4,6-7,15,19H,5,8-13H2,1H3,(H,18,20). The Hall–Kier alpha value is -1.00. The van der Waals surface area contributed by atoms with Gasteiger partial charge in [-0.2, -0.15) is 11.8 Å². The molecule has 1 atom stereocenters. The van der Waals surface area contributed by atoms with Crippen molar-refractivity contribution in [3.8, 4) is 0 Å². The van der Waals surface area contributed by atoms with Crippen molar-refractivity contribution in [3.63, 3.8) is 0 Å². The molecule has 1 amide bonds. The van der Waals surface area contributed by atoms with E-state index < -0.39 is 0 Å². The third-order valence-electron chi connectivity index (χ3n) is 4.36. The number of aliphatic hydroxyl groups is 1. The molecule has 0 radical (unpaired) electrons. The van der Waals surface area contributed by atoms with E-state index in [1.54, 1.807) is 11.8 Å². The summed E-state index contributed by atoms with van der Waals surface area (Å²) >= 11 is 1.71. The highest BCUT2D eigenvalue weighted by atomic mass is 32.2. The summed E-state index contributed by atoms with van der Waals surface area (Å²) < 4.78 is 0. The predicted octanol–water partition coefficient (Wildman–Crippen LogP) is 2.63. The molecule has 1 unspecified atom stereocenters. The fourth-order valence-electron chi connectivity index (χ4n) is 2.97. The minimum atomic E-state index is -0.229. The van der Waals surface area contributed by atoms with Gasteiger partial charge in [-0.15, -0.1) is 0 Å². The van der Waals surface area contributed by atoms with Crippen LogP contribution in [0.2, 0.25) is 0 Å². The second-order valence-electron chi connectivity index (χ2n) is 5.93. The lowest BCUT2D eigenvalue weighted by molar-refractivity contribution is -0.136. The molecule has 116 valence electrons. The molecule has 1 aromatic rings. The van der Waals surface area contributed by atoms with Crippen molar-refractivity contribution in [3.05, 3.63) is 35.9 Å². The molecule has 4 heteroatoms. The van der Waals surface area contributed by atoms with Gasteiger partial charge in [-0.05, 0) is 37.5 Å². The van der Waals surface area contributed by atoms with Crippen molar-refractivity contribution >= 4 is 17.7 Å². The summed E-state index contributed by atoms with van der Waals surface area (Å²) in [5.74, 6) is 1.03. The second-order valence-corrected chi connectivity index (χ2v) is 6.84. The first kappa shape index (κ1) is 16.4. The van der Waals surface area contributed by atoms with Crippen LogP contribution in [0.3, 0.4) is 0 Å². The molecule has 0 saturated heterocycles. The third kappa shape index (κ3) is 4.24. The van der Waals surface area contributed by atoms with Gasteiger partial charge in [0.25, 0.3) is 0 Å². The van der Waals surface area contributed by atoms with E-state index in [4.69, 9.17) is 5.11 Å². The number of amides is 1. The van der Waals surface area contributed by atoms with E-state index in [-0.39, 0.29) is 24.0 Å². The number of carbonyl (C=O) groups excluding carboxylic acids is 1. The van der Waals surface area contributed by atoms with E-state index >= 15 is 0 Å². The number of carbonyl (C=O) groups is 1. The molecule has 2 rings (SSSR count). The fraction of sp³-hybridized carbons (Fsp3) is 0.588. The van der Waals surface area contributed by atoms with Crippen LogP contribution in [0.15, 0.2) is 30.3 Å². The third-order valence-corrected chi connectivity index (χ3v) is 5.09. The van der Waals surface area contributed by atoms with Crippen molar-refractivity contribution in [2.45, 2.75) is 38.1 Å². The van der Waals surface area contributed by atoms with Crippen molar-refractivity contribution < 1.29 is 9.90 Å². The molecule has 3 nitrogen and oxygen atoms in total. The molecular weight excluding hydrogens is 282 g/mol. The molecule has 0 aliphatic heterocycles. The zero-order valence-corrected chi connectivity index (χ0v) is 13.5. The summed E-state index contributed by atoms with van der Waals surface area (Å²) in [5, 5.41) is 12.3. The molecular formula is C17H25NO2S. The van der Waals surface area contributed by atoms with Crippen LogP contribution in [-0.2, 0) is 11.2 Å². The molecule has 0 bridgehead atoms. The van der Waals surface area contributed by atoms with E-state index in [1.807, 2.05) is 24.5 Å². The highest BCUT2D eigenvalue weighted by Crippen LogP contribution is 2.44.